The van der Waals surface area contributed by atoms with E-state index in [0.717, 1.165) is 30.8 Å². The smallest absolute Gasteiger partial charge is 0.231 e. The molecule has 1 amide bonds. The summed E-state index contributed by atoms with van der Waals surface area (Å²) in [6, 6.07) is 10.00. The van der Waals surface area contributed by atoms with Crippen LogP contribution in [0.3, 0.4) is 0 Å². The van der Waals surface area contributed by atoms with Gasteiger partial charge in [0.05, 0.1) is 5.25 Å². The van der Waals surface area contributed by atoms with Crippen molar-refractivity contribution in [3.8, 4) is 0 Å². The molecular weight excluding hydrogens is 232 g/mol. The minimum absolute atomic E-state index is 0.120. The van der Waals surface area contributed by atoms with E-state index in [2.05, 4.69) is 5.32 Å². The molecule has 3 nitrogen and oxygen atoms in total. The van der Waals surface area contributed by atoms with Gasteiger partial charge in [0.25, 0.3) is 0 Å². The van der Waals surface area contributed by atoms with Gasteiger partial charge in [-0.05, 0) is 44.0 Å². The highest BCUT2D eigenvalue weighted by atomic mass is 32.2. The molecule has 0 aliphatic carbocycles. The van der Waals surface area contributed by atoms with Crippen LogP contribution in [0.25, 0.3) is 0 Å². The normalized spacial score (nSPS) is 22.0. The Morgan fingerprint density at radius 2 is 2.18 bits per heavy atom. The molecule has 92 valence electrons. The molecule has 1 aromatic rings. The summed E-state index contributed by atoms with van der Waals surface area (Å²) in [4.78, 5) is 12.7. The van der Waals surface area contributed by atoms with Gasteiger partial charge >= 0.3 is 0 Å². The fraction of sp³-hybridized carbons (Fsp3) is 0.462. The molecule has 1 aliphatic rings. The number of nitrogens with one attached hydrogen (secondary N) is 1. The fourth-order valence-corrected chi connectivity index (χ4v) is 3.32. The summed E-state index contributed by atoms with van der Waals surface area (Å²) in [6.45, 7) is 1.95. The topological polar surface area (TPSA) is 55.1 Å². The van der Waals surface area contributed by atoms with E-state index in [0.29, 0.717) is 5.92 Å². The van der Waals surface area contributed by atoms with E-state index < -0.39 is 0 Å². The van der Waals surface area contributed by atoms with Crippen molar-refractivity contribution in [2.24, 2.45) is 11.7 Å². The average Bonchev–Trinajstić information content (AvgIpc) is 2.38. The summed E-state index contributed by atoms with van der Waals surface area (Å²) in [6.07, 6.45) is 2.21. The zero-order chi connectivity index (χ0) is 12.1. The molecule has 1 heterocycles. The average molecular weight is 250 g/mol. The van der Waals surface area contributed by atoms with Gasteiger partial charge in [-0.1, -0.05) is 18.2 Å². The first-order chi connectivity index (χ1) is 8.27. The van der Waals surface area contributed by atoms with E-state index in [-0.39, 0.29) is 11.2 Å². The molecule has 0 bridgehead atoms. The summed E-state index contributed by atoms with van der Waals surface area (Å²) >= 11 is 1.59. The van der Waals surface area contributed by atoms with E-state index in [1.807, 2.05) is 30.3 Å². The Labute approximate surface area is 106 Å². The number of hydrogen-bond acceptors (Lipinski definition) is 3. The molecule has 1 aromatic carbocycles. The number of thioether (sulfide) groups is 1. The Bertz CT molecular complexity index is 363. The second-order valence-electron chi connectivity index (χ2n) is 4.36. The third-order valence-corrected chi connectivity index (χ3v) is 4.47. The van der Waals surface area contributed by atoms with Crippen molar-refractivity contribution in [3.05, 3.63) is 30.3 Å². The third kappa shape index (κ3) is 3.48. The maximum absolute atomic E-state index is 11.6. The molecule has 2 unspecified atom stereocenters. The van der Waals surface area contributed by atoms with Gasteiger partial charge in [0.15, 0.2) is 0 Å². The van der Waals surface area contributed by atoms with Gasteiger partial charge in [0.2, 0.25) is 5.91 Å². The van der Waals surface area contributed by atoms with E-state index in [4.69, 9.17) is 5.73 Å². The second-order valence-corrected chi connectivity index (χ2v) is 5.58. The maximum atomic E-state index is 11.6. The van der Waals surface area contributed by atoms with Crippen LogP contribution in [0.15, 0.2) is 35.2 Å². The quantitative estimate of drug-likeness (QED) is 0.799. The van der Waals surface area contributed by atoms with Crippen LogP contribution in [-0.2, 0) is 4.79 Å². The highest BCUT2D eigenvalue weighted by molar-refractivity contribution is 8.00. The molecule has 1 fully saturated rings. The van der Waals surface area contributed by atoms with Gasteiger partial charge in [0.1, 0.15) is 0 Å². The summed E-state index contributed by atoms with van der Waals surface area (Å²) in [5, 5.41) is 3.21. The summed E-state index contributed by atoms with van der Waals surface area (Å²) in [5.41, 5.74) is 5.53. The number of benzene rings is 1. The standard InChI is InChI=1S/C13H18N2OS/c14-13(16)12(10-5-4-8-15-9-10)17-11-6-2-1-3-7-11/h1-3,6-7,10,12,15H,4-5,8-9H2,(H2,14,16). The van der Waals surface area contributed by atoms with Crippen molar-refractivity contribution >= 4 is 17.7 Å². The molecule has 0 radical (unpaired) electrons. The highest BCUT2D eigenvalue weighted by Crippen LogP contribution is 2.30. The van der Waals surface area contributed by atoms with Crippen molar-refractivity contribution < 1.29 is 4.79 Å². The summed E-state index contributed by atoms with van der Waals surface area (Å²) in [5.74, 6) is 0.152. The minimum Gasteiger partial charge on any atom is -0.369 e. The van der Waals surface area contributed by atoms with Gasteiger partial charge in [-0.2, -0.15) is 0 Å². The molecule has 0 spiro atoms. The van der Waals surface area contributed by atoms with E-state index in [9.17, 15) is 4.79 Å². The van der Waals surface area contributed by atoms with Crippen LogP contribution in [-0.4, -0.2) is 24.2 Å². The maximum Gasteiger partial charge on any atom is 0.231 e. The second kappa shape index (κ2) is 6.07. The van der Waals surface area contributed by atoms with Crippen LogP contribution in [0.2, 0.25) is 0 Å². The van der Waals surface area contributed by atoms with Crippen LogP contribution < -0.4 is 11.1 Å². The van der Waals surface area contributed by atoms with Crippen LogP contribution in [0.4, 0.5) is 0 Å². The predicted molar refractivity (Wildman–Crippen MR) is 70.9 cm³/mol. The first-order valence-corrected chi connectivity index (χ1v) is 6.87. The van der Waals surface area contributed by atoms with Gasteiger partial charge in [-0.3, -0.25) is 4.79 Å². The Morgan fingerprint density at radius 1 is 1.41 bits per heavy atom. The number of rotatable bonds is 4. The molecule has 0 saturated carbocycles. The number of hydrogen-bond donors (Lipinski definition) is 2. The molecule has 2 atom stereocenters. The number of nitrogens with two attached hydrogens (primary N) is 1. The summed E-state index contributed by atoms with van der Waals surface area (Å²) in [7, 11) is 0. The van der Waals surface area contributed by atoms with Crippen LogP contribution >= 0.6 is 11.8 Å². The molecular formula is C13H18N2OS. The number of amides is 1. The zero-order valence-electron chi connectivity index (χ0n) is 9.76. The van der Waals surface area contributed by atoms with Crippen LogP contribution in [0.5, 0.6) is 0 Å². The van der Waals surface area contributed by atoms with E-state index in [1.165, 1.54) is 0 Å². The van der Waals surface area contributed by atoms with Crippen molar-refractivity contribution in [3.63, 3.8) is 0 Å². The molecule has 1 saturated heterocycles. The molecule has 1 aliphatic heterocycles. The van der Waals surface area contributed by atoms with Crippen molar-refractivity contribution in [2.45, 2.75) is 23.0 Å². The molecule has 17 heavy (non-hydrogen) atoms. The molecule has 4 heteroatoms. The zero-order valence-corrected chi connectivity index (χ0v) is 10.6. The molecule has 0 aromatic heterocycles. The lowest BCUT2D eigenvalue weighted by Crippen LogP contribution is -2.41. The Kier molecular flexibility index (Phi) is 4.45. The van der Waals surface area contributed by atoms with Crippen molar-refractivity contribution in [1.29, 1.82) is 0 Å². The van der Waals surface area contributed by atoms with Crippen LogP contribution in [0, 0.1) is 5.92 Å². The lowest BCUT2D eigenvalue weighted by Gasteiger charge is -2.28. The first-order valence-electron chi connectivity index (χ1n) is 5.99. The van der Waals surface area contributed by atoms with E-state index in [1.54, 1.807) is 11.8 Å². The lowest BCUT2D eigenvalue weighted by atomic mass is 9.95. The van der Waals surface area contributed by atoms with Crippen molar-refractivity contribution in [1.82, 2.24) is 5.32 Å². The Hall–Kier alpha value is -1.00. The number of piperidine rings is 1. The van der Waals surface area contributed by atoms with Crippen molar-refractivity contribution in [2.75, 3.05) is 13.1 Å². The minimum atomic E-state index is -0.201. The third-order valence-electron chi connectivity index (χ3n) is 3.05. The number of primary amides is 1. The SMILES string of the molecule is NC(=O)C(Sc1ccccc1)C1CCCNC1. The number of carbonyl (C=O) groups is 1. The summed E-state index contributed by atoms with van der Waals surface area (Å²) < 4.78 is 0. The highest BCUT2D eigenvalue weighted by Gasteiger charge is 2.28. The Balaban J connectivity index is 2.04. The lowest BCUT2D eigenvalue weighted by molar-refractivity contribution is -0.118. The first kappa shape index (κ1) is 12.5. The molecule has 2 rings (SSSR count). The fourth-order valence-electron chi connectivity index (χ4n) is 2.17. The van der Waals surface area contributed by atoms with Gasteiger partial charge in [-0.25, -0.2) is 0 Å². The van der Waals surface area contributed by atoms with Gasteiger partial charge < -0.3 is 11.1 Å². The monoisotopic (exact) mass is 250 g/mol. The van der Waals surface area contributed by atoms with E-state index >= 15 is 0 Å². The Morgan fingerprint density at radius 3 is 2.76 bits per heavy atom. The molecule has 3 N–H and O–H groups in total. The van der Waals surface area contributed by atoms with Gasteiger partial charge in [0, 0.05) is 4.90 Å². The van der Waals surface area contributed by atoms with Crippen LogP contribution in [0.1, 0.15) is 12.8 Å². The van der Waals surface area contributed by atoms with Gasteiger partial charge in [-0.15, -0.1) is 11.8 Å². The number of carbonyl (C=O) groups excluding carboxylic acids is 1. The predicted octanol–water partition coefficient (Wildman–Crippen LogP) is 1.63. The largest absolute Gasteiger partial charge is 0.369 e.